The van der Waals surface area contributed by atoms with Crippen LogP contribution in [0.2, 0.25) is 0 Å². The van der Waals surface area contributed by atoms with E-state index in [1.807, 2.05) is 0 Å². The fourth-order valence-corrected chi connectivity index (χ4v) is 5.69. The van der Waals surface area contributed by atoms with Crippen LogP contribution in [-0.4, -0.2) is 34.1 Å². The Labute approximate surface area is 147 Å². The van der Waals surface area contributed by atoms with E-state index in [2.05, 4.69) is 43.9 Å². The number of nitrogens with zero attached hydrogens (tertiary/aromatic N) is 3. The van der Waals surface area contributed by atoms with E-state index in [-0.39, 0.29) is 0 Å². The predicted molar refractivity (Wildman–Crippen MR) is 99.1 cm³/mol. The lowest BCUT2D eigenvalue weighted by Gasteiger charge is -2.32. The smallest absolute Gasteiger partial charge is 0.109 e. The van der Waals surface area contributed by atoms with Gasteiger partial charge in [-0.2, -0.15) is 0 Å². The lowest BCUT2D eigenvalue weighted by atomic mass is 9.81. The molecule has 1 saturated heterocycles. The number of imidazole rings is 1. The molecule has 1 aromatic heterocycles. The fraction of sp³-hybridized carbons (Fsp3) is 0.762. The molecule has 0 spiro atoms. The molecule has 0 aromatic carbocycles. The average molecular weight is 328 g/mol. The van der Waals surface area contributed by atoms with E-state index in [1.54, 1.807) is 0 Å². The van der Waals surface area contributed by atoms with Crippen molar-refractivity contribution in [1.29, 1.82) is 0 Å². The van der Waals surface area contributed by atoms with Gasteiger partial charge in [-0.05, 0) is 70.3 Å². The molecule has 1 saturated carbocycles. The standard InChI is InChI=1S/C21H33N3/c1-13(2)16-6-7-24-15(4)20(22-21(24)10-16)8-14(3)19-11-18-9-17(19)12-23(18)5/h14,16-19H,1,6-12H2,2-5H3. The number of likely N-dealkylation sites (tertiary alicyclic amines) is 1. The number of allylic oxidation sites excluding steroid dienone is 1. The summed E-state index contributed by atoms with van der Waals surface area (Å²) in [7, 11) is 2.30. The molecule has 0 amide bonds. The van der Waals surface area contributed by atoms with Crippen molar-refractivity contribution in [1.82, 2.24) is 14.5 Å². The molecule has 0 radical (unpaired) electrons. The van der Waals surface area contributed by atoms with Crippen LogP contribution in [0.25, 0.3) is 0 Å². The largest absolute Gasteiger partial charge is 0.332 e. The van der Waals surface area contributed by atoms with Crippen LogP contribution in [0.3, 0.4) is 0 Å². The number of aromatic nitrogens is 2. The van der Waals surface area contributed by atoms with Crippen molar-refractivity contribution in [2.45, 2.75) is 65.5 Å². The molecule has 24 heavy (non-hydrogen) atoms. The molecular weight excluding hydrogens is 294 g/mol. The molecule has 5 unspecified atom stereocenters. The summed E-state index contributed by atoms with van der Waals surface area (Å²) in [5.41, 5.74) is 4.12. The first-order valence-corrected chi connectivity index (χ1v) is 9.84. The van der Waals surface area contributed by atoms with Crippen LogP contribution >= 0.6 is 0 Å². The van der Waals surface area contributed by atoms with Crippen molar-refractivity contribution in [3.8, 4) is 0 Å². The van der Waals surface area contributed by atoms with Crippen molar-refractivity contribution < 1.29 is 0 Å². The zero-order chi connectivity index (χ0) is 17.0. The average Bonchev–Trinajstić information content (AvgIpc) is 3.20. The van der Waals surface area contributed by atoms with Gasteiger partial charge >= 0.3 is 0 Å². The van der Waals surface area contributed by atoms with Gasteiger partial charge in [0.1, 0.15) is 5.82 Å². The van der Waals surface area contributed by atoms with Crippen LogP contribution in [0.5, 0.6) is 0 Å². The Morgan fingerprint density at radius 2 is 2.17 bits per heavy atom. The number of hydrogen-bond donors (Lipinski definition) is 0. The Balaban J connectivity index is 1.47. The Hall–Kier alpha value is -1.09. The van der Waals surface area contributed by atoms with Gasteiger partial charge in [-0.15, -0.1) is 0 Å². The molecule has 5 atom stereocenters. The van der Waals surface area contributed by atoms with E-state index in [0.29, 0.717) is 5.92 Å². The van der Waals surface area contributed by atoms with Gasteiger partial charge in [0, 0.05) is 31.2 Å². The summed E-state index contributed by atoms with van der Waals surface area (Å²) >= 11 is 0. The van der Waals surface area contributed by atoms with Crippen molar-refractivity contribution in [2.24, 2.45) is 23.7 Å². The number of hydrogen-bond acceptors (Lipinski definition) is 2. The van der Waals surface area contributed by atoms with Gasteiger partial charge in [0.15, 0.2) is 0 Å². The lowest BCUT2D eigenvalue weighted by Crippen LogP contribution is -2.34. The zero-order valence-electron chi connectivity index (χ0n) is 15.9. The molecule has 3 aliphatic rings. The Morgan fingerprint density at radius 1 is 1.38 bits per heavy atom. The third kappa shape index (κ3) is 2.65. The second kappa shape index (κ2) is 6.01. The van der Waals surface area contributed by atoms with Gasteiger partial charge in [-0.25, -0.2) is 4.98 Å². The highest BCUT2D eigenvalue weighted by molar-refractivity contribution is 5.20. The lowest BCUT2D eigenvalue weighted by molar-refractivity contribution is 0.167. The third-order valence-electron chi connectivity index (χ3n) is 7.34. The first-order chi connectivity index (χ1) is 11.4. The first-order valence-electron chi connectivity index (χ1n) is 9.84. The molecule has 0 N–H and O–H groups in total. The Bertz CT molecular complexity index is 642. The molecule has 4 rings (SSSR count). The van der Waals surface area contributed by atoms with Gasteiger partial charge < -0.3 is 9.47 Å². The minimum absolute atomic E-state index is 0.630. The van der Waals surface area contributed by atoms with Gasteiger partial charge in [-0.3, -0.25) is 0 Å². The van der Waals surface area contributed by atoms with Crippen molar-refractivity contribution >= 4 is 0 Å². The van der Waals surface area contributed by atoms with Crippen LogP contribution in [-0.2, 0) is 19.4 Å². The summed E-state index contributed by atoms with van der Waals surface area (Å²) in [5.74, 6) is 4.54. The highest BCUT2D eigenvalue weighted by atomic mass is 15.2. The van der Waals surface area contributed by atoms with Crippen LogP contribution in [0.1, 0.15) is 50.3 Å². The highest BCUT2D eigenvalue weighted by Gasteiger charge is 2.44. The van der Waals surface area contributed by atoms with Crippen LogP contribution < -0.4 is 0 Å². The second-order valence-electron chi connectivity index (χ2n) is 8.92. The number of rotatable bonds is 4. The fourth-order valence-electron chi connectivity index (χ4n) is 5.69. The molecular formula is C21H33N3. The maximum atomic E-state index is 5.08. The van der Waals surface area contributed by atoms with Crippen LogP contribution in [0, 0.1) is 30.6 Å². The Morgan fingerprint density at radius 3 is 2.79 bits per heavy atom. The summed E-state index contributed by atoms with van der Waals surface area (Å²) in [6.07, 6.45) is 6.33. The van der Waals surface area contributed by atoms with Crippen molar-refractivity contribution in [3.05, 3.63) is 29.4 Å². The number of fused-ring (bicyclic) bond motifs is 3. The van der Waals surface area contributed by atoms with Gasteiger partial charge in [0.05, 0.1) is 5.69 Å². The van der Waals surface area contributed by atoms with Crippen molar-refractivity contribution in [3.63, 3.8) is 0 Å². The first kappa shape index (κ1) is 16.4. The second-order valence-corrected chi connectivity index (χ2v) is 8.92. The summed E-state index contributed by atoms with van der Waals surface area (Å²) < 4.78 is 2.48. The SMILES string of the molecule is C=C(C)C1CCn2c(nc(CC(C)C3CC4CC3CN4C)c2C)C1. The van der Waals surface area contributed by atoms with E-state index >= 15 is 0 Å². The maximum Gasteiger partial charge on any atom is 0.109 e. The van der Waals surface area contributed by atoms with E-state index in [0.717, 1.165) is 36.8 Å². The molecule has 1 aromatic rings. The quantitative estimate of drug-likeness (QED) is 0.783. The predicted octanol–water partition coefficient (Wildman–Crippen LogP) is 3.85. The molecule has 3 heteroatoms. The Kier molecular flexibility index (Phi) is 4.11. The molecule has 2 fully saturated rings. The molecule has 132 valence electrons. The topological polar surface area (TPSA) is 21.1 Å². The minimum atomic E-state index is 0.630. The summed E-state index contributed by atoms with van der Waals surface area (Å²) in [6, 6.07) is 0.857. The van der Waals surface area contributed by atoms with Crippen molar-refractivity contribution in [2.75, 3.05) is 13.6 Å². The summed E-state index contributed by atoms with van der Waals surface area (Å²) in [4.78, 5) is 7.66. The van der Waals surface area contributed by atoms with Gasteiger partial charge in [0.25, 0.3) is 0 Å². The molecule has 3 nitrogen and oxygen atoms in total. The summed E-state index contributed by atoms with van der Waals surface area (Å²) in [6.45, 7) is 13.5. The minimum Gasteiger partial charge on any atom is -0.332 e. The van der Waals surface area contributed by atoms with E-state index in [9.17, 15) is 0 Å². The summed E-state index contributed by atoms with van der Waals surface area (Å²) in [5, 5.41) is 0. The van der Waals surface area contributed by atoms with Gasteiger partial charge in [-0.1, -0.05) is 19.1 Å². The van der Waals surface area contributed by atoms with E-state index in [1.165, 1.54) is 55.0 Å². The maximum absolute atomic E-state index is 5.08. The normalized spacial score (nSPS) is 33.7. The van der Waals surface area contributed by atoms with Crippen LogP contribution in [0.15, 0.2) is 12.2 Å². The molecule has 2 bridgehead atoms. The zero-order valence-corrected chi connectivity index (χ0v) is 15.9. The highest BCUT2D eigenvalue weighted by Crippen LogP contribution is 2.45. The van der Waals surface area contributed by atoms with E-state index in [4.69, 9.17) is 4.98 Å². The van der Waals surface area contributed by atoms with E-state index < -0.39 is 0 Å². The number of piperidine rings is 1. The molecule has 1 aliphatic carbocycles. The molecule has 2 aliphatic heterocycles. The van der Waals surface area contributed by atoms with Gasteiger partial charge in [0.2, 0.25) is 0 Å². The molecule has 3 heterocycles. The van der Waals surface area contributed by atoms with Crippen LogP contribution in [0.4, 0.5) is 0 Å². The monoisotopic (exact) mass is 327 g/mol. The third-order valence-corrected chi connectivity index (χ3v) is 7.34.